The number of carbonyl (C=O) groups is 1. The standard InChI is InChI=1S/C37H68O/c1-3-4-5-6-7-8-9-10-11-12-13-14-15-16-17-18-19-20-21-22-23-24-25-26-27-28-29-30-31-32-33-34-35-36-37(2)38/h16-17,23-24,30-31H,3-15,18-22,25-29,32-36H2,1-2H3. The van der Waals surface area contributed by atoms with Crippen LogP contribution in [0, 0.1) is 0 Å². The molecule has 0 amide bonds. The minimum absolute atomic E-state index is 0.328. The summed E-state index contributed by atoms with van der Waals surface area (Å²) >= 11 is 0. The number of Topliss-reactive ketones (excluding diaryl/α,β-unsaturated/α-hetero) is 1. The van der Waals surface area contributed by atoms with Crippen LogP contribution in [0.2, 0.25) is 0 Å². The molecule has 0 bridgehead atoms. The number of carbonyl (C=O) groups excluding carboxylic acids is 1. The number of ketones is 1. The van der Waals surface area contributed by atoms with Gasteiger partial charge in [0.1, 0.15) is 5.78 Å². The summed E-state index contributed by atoms with van der Waals surface area (Å²) in [6.07, 6.45) is 51.5. The van der Waals surface area contributed by atoms with Crippen molar-refractivity contribution in [1.29, 1.82) is 0 Å². The fourth-order valence-electron chi connectivity index (χ4n) is 5.03. The van der Waals surface area contributed by atoms with Gasteiger partial charge in [-0.1, -0.05) is 133 Å². The Kier molecular flexibility index (Phi) is 32.9. The first-order valence-electron chi connectivity index (χ1n) is 17.2. The molecule has 0 aromatic rings. The molecule has 0 aromatic heterocycles. The average Bonchev–Trinajstić information content (AvgIpc) is 2.91. The lowest BCUT2D eigenvalue weighted by molar-refractivity contribution is -0.117. The summed E-state index contributed by atoms with van der Waals surface area (Å²) in [7, 11) is 0. The number of allylic oxidation sites excluding steroid dienone is 6. The highest BCUT2D eigenvalue weighted by atomic mass is 16.1. The first-order valence-corrected chi connectivity index (χ1v) is 17.2. The number of hydrogen-bond donors (Lipinski definition) is 0. The van der Waals surface area contributed by atoms with E-state index in [1.54, 1.807) is 6.92 Å². The van der Waals surface area contributed by atoms with Gasteiger partial charge >= 0.3 is 0 Å². The molecule has 0 heterocycles. The zero-order valence-corrected chi connectivity index (χ0v) is 26.2. The maximum atomic E-state index is 10.9. The predicted molar refractivity (Wildman–Crippen MR) is 173 cm³/mol. The second-order valence-electron chi connectivity index (χ2n) is 11.7. The number of hydrogen-bond acceptors (Lipinski definition) is 1. The van der Waals surface area contributed by atoms with Gasteiger partial charge in [-0.05, 0) is 90.4 Å². The third kappa shape index (κ3) is 34.9. The monoisotopic (exact) mass is 529 g/mol. The van der Waals surface area contributed by atoms with Crippen molar-refractivity contribution in [2.45, 2.75) is 194 Å². The largest absolute Gasteiger partial charge is 0.300 e. The Morgan fingerprint density at radius 2 is 0.605 bits per heavy atom. The van der Waals surface area contributed by atoms with E-state index < -0.39 is 0 Å². The van der Waals surface area contributed by atoms with E-state index >= 15 is 0 Å². The normalized spacial score (nSPS) is 12.1. The highest BCUT2D eigenvalue weighted by molar-refractivity contribution is 5.75. The van der Waals surface area contributed by atoms with Crippen LogP contribution in [0.15, 0.2) is 36.5 Å². The lowest BCUT2D eigenvalue weighted by atomic mass is 10.0. The van der Waals surface area contributed by atoms with Crippen molar-refractivity contribution in [3.05, 3.63) is 36.5 Å². The van der Waals surface area contributed by atoms with Crippen molar-refractivity contribution in [2.75, 3.05) is 0 Å². The van der Waals surface area contributed by atoms with Gasteiger partial charge in [0, 0.05) is 6.42 Å². The van der Waals surface area contributed by atoms with Crippen LogP contribution >= 0.6 is 0 Å². The van der Waals surface area contributed by atoms with E-state index in [4.69, 9.17) is 0 Å². The van der Waals surface area contributed by atoms with Gasteiger partial charge in [-0.15, -0.1) is 0 Å². The van der Waals surface area contributed by atoms with Crippen LogP contribution in [0.3, 0.4) is 0 Å². The Labute approximate surface area is 240 Å². The Morgan fingerprint density at radius 1 is 0.368 bits per heavy atom. The molecule has 0 aliphatic heterocycles. The minimum atomic E-state index is 0.328. The van der Waals surface area contributed by atoms with E-state index in [0.29, 0.717) is 5.78 Å². The zero-order valence-electron chi connectivity index (χ0n) is 26.2. The van der Waals surface area contributed by atoms with Gasteiger partial charge in [0.05, 0.1) is 0 Å². The van der Waals surface area contributed by atoms with E-state index in [1.807, 2.05) is 0 Å². The topological polar surface area (TPSA) is 17.1 Å². The molecule has 1 heteroatoms. The van der Waals surface area contributed by atoms with Crippen LogP contribution in [0.1, 0.15) is 194 Å². The zero-order chi connectivity index (χ0) is 27.6. The summed E-state index contributed by atoms with van der Waals surface area (Å²) in [6, 6.07) is 0. The highest BCUT2D eigenvalue weighted by Crippen LogP contribution is 2.13. The van der Waals surface area contributed by atoms with E-state index in [9.17, 15) is 4.79 Å². The Morgan fingerprint density at radius 3 is 0.895 bits per heavy atom. The quantitative estimate of drug-likeness (QED) is 0.0645. The van der Waals surface area contributed by atoms with Gasteiger partial charge in [0.2, 0.25) is 0 Å². The van der Waals surface area contributed by atoms with Crippen molar-refractivity contribution in [1.82, 2.24) is 0 Å². The maximum Gasteiger partial charge on any atom is 0.129 e. The third-order valence-corrected chi connectivity index (χ3v) is 7.61. The molecule has 222 valence electrons. The second-order valence-corrected chi connectivity index (χ2v) is 11.7. The Balaban J connectivity index is 3.20. The van der Waals surface area contributed by atoms with E-state index in [2.05, 4.69) is 43.4 Å². The SMILES string of the molecule is CCCCCCCCCCCCCCC=CCCCCCC=CCCCCCC=CCCCCCC(C)=O. The van der Waals surface area contributed by atoms with E-state index in [1.165, 1.54) is 167 Å². The average molecular weight is 529 g/mol. The molecule has 0 atom stereocenters. The Bertz CT molecular complexity index is 541. The van der Waals surface area contributed by atoms with E-state index in [0.717, 1.165) is 12.8 Å². The van der Waals surface area contributed by atoms with Gasteiger partial charge in [-0.3, -0.25) is 0 Å². The Hall–Kier alpha value is -1.11. The summed E-state index contributed by atoms with van der Waals surface area (Å²) in [5, 5.41) is 0. The number of rotatable bonds is 31. The molecular weight excluding hydrogens is 460 g/mol. The summed E-state index contributed by atoms with van der Waals surface area (Å²) in [4.78, 5) is 10.9. The highest BCUT2D eigenvalue weighted by Gasteiger charge is 1.94. The third-order valence-electron chi connectivity index (χ3n) is 7.61. The molecule has 0 spiro atoms. The summed E-state index contributed by atoms with van der Waals surface area (Å²) in [5.74, 6) is 0.328. The van der Waals surface area contributed by atoms with Gasteiger partial charge in [0.15, 0.2) is 0 Å². The number of unbranched alkanes of at least 4 members (excludes halogenated alkanes) is 23. The van der Waals surface area contributed by atoms with Crippen molar-refractivity contribution in [2.24, 2.45) is 0 Å². The molecular formula is C37H68O. The molecule has 1 nitrogen and oxygen atoms in total. The van der Waals surface area contributed by atoms with Gasteiger partial charge in [-0.2, -0.15) is 0 Å². The lowest BCUT2D eigenvalue weighted by Crippen LogP contribution is -1.88. The van der Waals surface area contributed by atoms with Crippen LogP contribution in [0.5, 0.6) is 0 Å². The lowest BCUT2D eigenvalue weighted by Gasteiger charge is -2.02. The molecule has 0 radical (unpaired) electrons. The summed E-state index contributed by atoms with van der Waals surface area (Å²) < 4.78 is 0. The molecule has 0 aromatic carbocycles. The summed E-state index contributed by atoms with van der Waals surface area (Å²) in [5.41, 5.74) is 0. The molecule has 0 saturated carbocycles. The second kappa shape index (κ2) is 33.9. The predicted octanol–water partition coefficient (Wildman–Crippen LogP) is 13.2. The molecule has 0 rings (SSSR count). The van der Waals surface area contributed by atoms with Crippen LogP contribution < -0.4 is 0 Å². The summed E-state index contributed by atoms with van der Waals surface area (Å²) in [6.45, 7) is 3.99. The molecule has 0 fully saturated rings. The molecule has 0 N–H and O–H groups in total. The smallest absolute Gasteiger partial charge is 0.129 e. The maximum absolute atomic E-state index is 10.9. The van der Waals surface area contributed by atoms with Gasteiger partial charge in [0.25, 0.3) is 0 Å². The van der Waals surface area contributed by atoms with Gasteiger partial charge < -0.3 is 4.79 Å². The van der Waals surface area contributed by atoms with Crippen molar-refractivity contribution >= 4 is 5.78 Å². The molecule has 0 aliphatic rings. The van der Waals surface area contributed by atoms with Crippen molar-refractivity contribution < 1.29 is 4.79 Å². The van der Waals surface area contributed by atoms with Crippen molar-refractivity contribution in [3.8, 4) is 0 Å². The van der Waals surface area contributed by atoms with Crippen LogP contribution in [0.25, 0.3) is 0 Å². The van der Waals surface area contributed by atoms with Crippen LogP contribution in [0.4, 0.5) is 0 Å². The minimum Gasteiger partial charge on any atom is -0.300 e. The van der Waals surface area contributed by atoms with Gasteiger partial charge in [-0.25, -0.2) is 0 Å². The fraction of sp³-hybridized carbons (Fsp3) is 0.811. The van der Waals surface area contributed by atoms with Crippen LogP contribution in [-0.2, 0) is 4.79 Å². The first-order chi connectivity index (χ1) is 18.8. The molecule has 0 unspecified atom stereocenters. The van der Waals surface area contributed by atoms with Crippen LogP contribution in [-0.4, -0.2) is 5.78 Å². The molecule has 0 saturated heterocycles. The van der Waals surface area contributed by atoms with E-state index in [-0.39, 0.29) is 0 Å². The fourth-order valence-corrected chi connectivity index (χ4v) is 5.03. The molecule has 0 aliphatic carbocycles. The first kappa shape index (κ1) is 36.9. The van der Waals surface area contributed by atoms with Crippen molar-refractivity contribution in [3.63, 3.8) is 0 Å². The molecule has 38 heavy (non-hydrogen) atoms.